The molecule has 2 heterocycles. The molecule has 2 aliphatic rings. The van der Waals surface area contributed by atoms with E-state index in [0.717, 1.165) is 25.3 Å². The van der Waals surface area contributed by atoms with Gasteiger partial charge in [0, 0.05) is 38.1 Å². The van der Waals surface area contributed by atoms with E-state index < -0.39 is 9.84 Å². The van der Waals surface area contributed by atoms with Gasteiger partial charge in [0.05, 0.1) is 11.5 Å². The molecule has 0 N–H and O–H groups in total. The van der Waals surface area contributed by atoms with Gasteiger partial charge < -0.3 is 4.90 Å². The number of likely N-dealkylation sites (tertiary alicyclic amines) is 1. The Bertz CT molecular complexity index is 880. The normalized spacial score (nSPS) is 27.4. The highest BCUT2D eigenvalue weighted by Gasteiger charge is 2.52. The summed E-state index contributed by atoms with van der Waals surface area (Å²) in [5.74, 6) is 0.999. The van der Waals surface area contributed by atoms with Crippen molar-refractivity contribution in [3.8, 4) is 0 Å². The van der Waals surface area contributed by atoms with Gasteiger partial charge in [0.25, 0.3) is 0 Å². The predicted octanol–water partition coefficient (Wildman–Crippen LogP) is 3.32. The van der Waals surface area contributed by atoms with E-state index >= 15 is 0 Å². The van der Waals surface area contributed by atoms with Crippen LogP contribution in [0.5, 0.6) is 0 Å². The molecular formula is C21H26N2O2S. The van der Waals surface area contributed by atoms with E-state index in [-0.39, 0.29) is 11.3 Å². The van der Waals surface area contributed by atoms with Crippen molar-refractivity contribution in [3.05, 3.63) is 60.2 Å². The quantitative estimate of drug-likeness (QED) is 0.828. The van der Waals surface area contributed by atoms with E-state index in [4.69, 9.17) is 0 Å². The minimum absolute atomic E-state index is 0.0632. The number of para-hydroxylation sites is 1. The van der Waals surface area contributed by atoms with Crippen molar-refractivity contribution in [1.82, 2.24) is 4.90 Å². The minimum Gasteiger partial charge on any atom is -0.345 e. The lowest BCUT2D eigenvalue weighted by Gasteiger charge is -2.22. The lowest BCUT2D eigenvalue weighted by atomic mass is 9.84. The Kier molecular flexibility index (Phi) is 4.32. The summed E-state index contributed by atoms with van der Waals surface area (Å²) >= 11 is 0. The number of benzene rings is 2. The lowest BCUT2D eigenvalue weighted by Crippen LogP contribution is -2.28. The van der Waals surface area contributed by atoms with Crippen LogP contribution in [-0.4, -0.2) is 45.0 Å². The van der Waals surface area contributed by atoms with Crippen LogP contribution in [0, 0.1) is 11.3 Å². The van der Waals surface area contributed by atoms with Crippen LogP contribution in [0.25, 0.3) is 0 Å². The Morgan fingerprint density at radius 3 is 2.38 bits per heavy atom. The van der Waals surface area contributed by atoms with Crippen LogP contribution >= 0.6 is 0 Å². The van der Waals surface area contributed by atoms with Crippen molar-refractivity contribution >= 4 is 21.2 Å². The number of nitrogens with zero attached hydrogens (tertiary/aromatic N) is 2. The molecule has 0 aromatic heterocycles. The first kappa shape index (κ1) is 17.6. The molecule has 138 valence electrons. The number of fused-ring (bicyclic) bond motifs is 1. The highest BCUT2D eigenvalue weighted by atomic mass is 32.2. The highest BCUT2D eigenvalue weighted by Crippen LogP contribution is 2.43. The van der Waals surface area contributed by atoms with Gasteiger partial charge in [-0.15, -0.1) is 0 Å². The SMILES string of the molecule is CN(c1ccccc1)c1ccc(CN2C[C@@H]3CS(=O)(=O)C[C@]3(C)C2)cc1. The van der Waals surface area contributed by atoms with Gasteiger partial charge in [-0.1, -0.05) is 37.3 Å². The minimum atomic E-state index is -2.83. The first-order chi connectivity index (χ1) is 12.3. The number of rotatable bonds is 4. The summed E-state index contributed by atoms with van der Waals surface area (Å²) in [4.78, 5) is 4.59. The molecule has 0 bridgehead atoms. The number of anilines is 2. The highest BCUT2D eigenvalue weighted by molar-refractivity contribution is 7.91. The largest absolute Gasteiger partial charge is 0.345 e. The van der Waals surface area contributed by atoms with Gasteiger partial charge in [-0.05, 0) is 41.2 Å². The lowest BCUT2D eigenvalue weighted by molar-refractivity contribution is 0.283. The zero-order chi connectivity index (χ0) is 18.4. The van der Waals surface area contributed by atoms with Gasteiger partial charge in [0.15, 0.2) is 9.84 Å². The van der Waals surface area contributed by atoms with Crippen molar-refractivity contribution < 1.29 is 8.42 Å². The van der Waals surface area contributed by atoms with Crippen molar-refractivity contribution in [3.63, 3.8) is 0 Å². The second-order valence-corrected chi connectivity index (χ2v) is 10.2. The fourth-order valence-corrected chi connectivity index (χ4v) is 7.10. The molecule has 0 amide bonds. The van der Waals surface area contributed by atoms with Gasteiger partial charge >= 0.3 is 0 Å². The van der Waals surface area contributed by atoms with Crippen LogP contribution in [0.2, 0.25) is 0 Å². The third-order valence-corrected chi connectivity index (χ3v) is 7.94. The summed E-state index contributed by atoms with van der Waals surface area (Å²) < 4.78 is 23.8. The van der Waals surface area contributed by atoms with Crippen LogP contribution in [0.1, 0.15) is 12.5 Å². The molecule has 0 saturated carbocycles. The number of sulfone groups is 1. The predicted molar refractivity (Wildman–Crippen MR) is 106 cm³/mol. The summed E-state index contributed by atoms with van der Waals surface area (Å²) in [7, 11) is -0.757. The summed E-state index contributed by atoms with van der Waals surface area (Å²) in [6.45, 7) is 4.80. The third kappa shape index (κ3) is 3.38. The smallest absolute Gasteiger partial charge is 0.151 e. The molecule has 26 heavy (non-hydrogen) atoms. The number of hydrogen-bond donors (Lipinski definition) is 0. The average Bonchev–Trinajstić information content (AvgIpc) is 3.00. The van der Waals surface area contributed by atoms with Crippen LogP contribution in [0.4, 0.5) is 11.4 Å². The van der Waals surface area contributed by atoms with Gasteiger partial charge in [-0.25, -0.2) is 8.42 Å². The van der Waals surface area contributed by atoms with Crippen molar-refractivity contribution in [2.75, 3.05) is 36.5 Å². The zero-order valence-electron chi connectivity index (χ0n) is 15.4. The first-order valence-electron chi connectivity index (χ1n) is 9.15. The Morgan fingerprint density at radius 2 is 1.73 bits per heavy atom. The maximum atomic E-state index is 11.9. The Balaban J connectivity index is 1.41. The van der Waals surface area contributed by atoms with Crippen molar-refractivity contribution in [1.29, 1.82) is 0 Å². The molecular weight excluding hydrogens is 344 g/mol. The second-order valence-electron chi connectivity index (χ2n) is 8.14. The van der Waals surface area contributed by atoms with Crippen LogP contribution in [0.15, 0.2) is 54.6 Å². The summed E-state index contributed by atoms with van der Waals surface area (Å²) in [5, 5.41) is 0. The van der Waals surface area contributed by atoms with Crippen molar-refractivity contribution in [2.24, 2.45) is 11.3 Å². The standard InChI is InChI=1S/C21H26N2O2S/c1-21-15-23(13-18(21)14-26(24,25)16-21)12-17-8-10-20(11-9-17)22(2)19-6-4-3-5-7-19/h3-11,18H,12-16H2,1-2H3/t18-,21+/m1/s1. The van der Waals surface area contributed by atoms with Crippen LogP contribution in [-0.2, 0) is 16.4 Å². The summed E-state index contributed by atoms with van der Waals surface area (Å²) in [5.41, 5.74) is 3.55. The van der Waals surface area contributed by atoms with E-state index in [1.54, 1.807) is 0 Å². The van der Waals surface area contributed by atoms with E-state index in [2.05, 4.69) is 60.2 Å². The summed E-state index contributed by atoms with van der Waals surface area (Å²) in [6.07, 6.45) is 0. The Labute approximate surface area is 156 Å². The van der Waals surface area contributed by atoms with Crippen LogP contribution < -0.4 is 4.90 Å². The molecule has 4 nitrogen and oxygen atoms in total. The first-order valence-corrected chi connectivity index (χ1v) is 11.0. The average molecular weight is 371 g/mol. The summed E-state index contributed by atoms with van der Waals surface area (Å²) in [6, 6.07) is 19.0. The topological polar surface area (TPSA) is 40.6 Å². The fourth-order valence-electron chi connectivity index (χ4n) is 4.53. The van der Waals surface area contributed by atoms with Crippen molar-refractivity contribution in [2.45, 2.75) is 13.5 Å². The van der Waals surface area contributed by atoms with Crippen LogP contribution in [0.3, 0.4) is 0 Å². The van der Waals surface area contributed by atoms with Gasteiger partial charge in [-0.2, -0.15) is 0 Å². The Morgan fingerprint density at radius 1 is 1.08 bits per heavy atom. The second kappa shape index (κ2) is 6.39. The fraction of sp³-hybridized carbons (Fsp3) is 0.429. The molecule has 4 rings (SSSR count). The van der Waals surface area contributed by atoms with E-state index in [1.807, 2.05) is 18.2 Å². The zero-order valence-corrected chi connectivity index (χ0v) is 16.2. The molecule has 0 radical (unpaired) electrons. The van der Waals surface area contributed by atoms with E-state index in [0.29, 0.717) is 11.5 Å². The molecule has 0 aliphatic carbocycles. The third-order valence-electron chi connectivity index (χ3n) is 5.93. The molecule has 2 aromatic rings. The monoisotopic (exact) mass is 370 g/mol. The molecule has 2 fully saturated rings. The van der Waals surface area contributed by atoms with Gasteiger partial charge in [0.1, 0.15) is 0 Å². The number of hydrogen-bond acceptors (Lipinski definition) is 4. The molecule has 0 unspecified atom stereocenters. The maximum Gasteiger partial charge on any atom is 0.151 e. The van der Waals surface area contributed by atoms with Gasteiger partial charge in [-0.3, -0.25) is 4.90 Å². The molecule has 2 atom stereocenters. The molecule has 2 aliphatic heterocycles. The van der Waals surface area contributed by atoms with E-state index in [1.165, 1.54) is 11.3 Å². The maximum absolute atomic E-state index is 11.9. The van der Waals surface area contributed by atoms with Gasteiger partial charge in [0.2, 0.25) is 0 Å². The molecule has 2 aromatic carbocycles. The molecule has 2 saturated heterocycles. The van der Waals surface area contributed by atoms with E-state index in [9.17, 15) is 8.42 Å². The molecule has 0 spiro atoms. The molecule has 5 heteroatoms. The Hall–Kier alpha value is -1.85.